The van der Waals surface area contributed by atoms with Crippen molar-refractivity contribution in [3.63, 3.8) is 0 Å². The van der Waals surface area contributed by atoms with Crippen LogP contribution < -0.4 is 0 Å². The van der Waals surface area contributed by atoms with Crippen LogP contribution in [-0.2, 0) is 17.5 Å². The molecule has 9 heteroatoms. The molecule has 6 nitrogen and oxygen atoms in total. The molecule has 4 aromatic rings. The molecule has 192 valence electrons. The molecule has 0 saturated carbocycles. The molecule has 0 spiro atoms. The number of aliphatic carboxylic acids is 1. The van der Waals surface area contributed by atoms with Gasteiger partial charge in [-0.05, 0) is 68.3 Å². The number of hydrogen-bond acceptors (Lipinski definition) is 5. The van der Waals surface area contributed by atoms with Crippen LogP contribution in [0, 0.1) is 6.92 Å². The fourth-order valence-electron chi connectivity index (χ4n) is 3.92. The van der Waals surface area contributed by atoms with E-state index in [1.54, 1.807) is 75.2 Å². The Morgan fingerprint density at radius 2 is 1.70 bits per heavy atom. The van der Waals surface area contributed by atoms with Gasteiger partial charge in [0.2, 0.25) is 5.82 Å². The third-order valence-corrected chi connectivity index (χ3v) is 6.52. The number of nitrogens with zero attached hydrogens (tertiary/aromatic N) is 3. The maximum Gasteiger partial charge on any atom is 0.417 e. The standard InChI is InChI=1S/C28H26F3N3O3/c1-17-8-5-6-11-21(17)22-13-12-20(15-23(22)28(29,30)31)25-32-24(33-37-25)19-10-7-9-18(14-19)16-34(4)27(2,3)26(35)36/h5-15H,16H2,1-4H3,(H,35,36). The number of aromatic nitrogens is 2. The van der Waals surface area contributed by atoms with Crippen LogP contribution in [0.1, 0.15) is 30.5 Å². The van der Waals surface area contributed by atoms with Gasteiger partial charge >= 0.3 is 12.1 Å². The fourth-order valence-corrected chi connectivity index (χ4v) is 3.92. The van der Waals surface area contributed by atoms with Gasteiger partial charge in [-0.3, -0.25) is 9.69 Å². The van der Waals surface area contributed by atoms with Gasteiger partial charge in [0.1, 0.15) is 5.54 Å². The number of benzene rings is 3. The van der Waals surface area contributed by atoms with Crippen LogP contribution in [-0.4, -0.2) is 38.7 Å². The molecule has 0 fully saturated rings. The summed E-state index contributed by atoms with van der Waals surface area (Å²) in [6.07, 6.45) is -4.58. The van der Waals surface area contributed by atoms with Crippen molar-refractivity contribution in [1.29, 1.82) is 0 Å². The van der Waals surface area contributed by atoms with Crippen molar-refractivity contribution >= 4 is 5.97 Å². The summed E-state index contributed by atoms with van der Waals surface area (Å²) in [5.41, 5.74) is 1.03. The molecule has 1 N–H and O–H groups in total. The molecule has 4 rings (SSSR count). The molecule has 0 bridgehead atoms. The molecule has 0 unspecified atom stereocenters. The van der Waals surface area contributed by atoms with Crippen LogP contribution in [0.3, 0.4) is 0 Å². The number of carbonyl (C=O) groups is 1. The first-order valence-corrected chi connectivity index (χ1v) is 11.5. The van der Waals surface area contributed by atoms with Crippen molar-refractivity contribution in [2.45, 2.75) is 39.0 Å². The molecule has 0 atom stereocenters. The van der Waals surface area contributed by atoms with Crippen LogP contribution in [0.2, 0.25) is 0 Å². The third kappa shape index (κ3) is 5.41. The number of carboxylic acid groups (broad SMARTS) is 1. The zero-order valence-electron chi connectivity index (χ0n) is 20.8. The molecule has 0 saturated heterocycles. The summed E-state index contributed by atoms with van der Waals surface area (Å²) >= 11 is 0. The van der Waals surface area contributed by atoms with Crippen molar-refractivity contribution in [3.05, 3.63) is 83.4 Å². The quantitative estimate of drug-likeness (QED) is 0.299. The lowest BCUT2D eigenvalue weighted by molar-refractivity contribution is -0.148. The minimum Gasteiger partial charge on any atom is -0.480 e. The molecule has 1 heterocycles. The Hall–Kier alpha value is -3.98. The first kappa shape index (κ1) is 26.1. The Balaban J connectivity index is 1.66. The second-order valence-corrected chi connectivity index (χ2v) is 9.42. The van der Waals surface area contributed by atoms with Crippen molar-refractivity contribution in [3.8, 4) is 34.0 Å². The van der Waals surface area contributed by atoms with E-state index in [4.69, 9.17) is 4.52 Å². The van der Waals surface area contributed by atoms with Gasteiger partial charge in [0, 0.05) is 17.7 Å². The first-order valence-electron chi connectivity index (χ1n) is 11.5. The summed E-state index contributed by atoms with van der Waals surface area (Å²) in [5, 5.41) is 13.4. The number of likely N-dealkylation sites (N-methyl/N-ethyl adjacent to an activating group) is 1. The number of alkyl halides is 3. The smallest absolute Gasteiger partial charge is 0.417 e. The van der Waals surface area contributed by atoms with Crippen LogP contribution in [0.4, 0.5) is 13.2 Å². The van der Waals surface area contributed by atoms with Gasteiger partial charge < -0.3 is 9.63 Å². The molecule has 0 aliphatic rings. The molecule has 1 aromatic heterocycles. The van der Waals surface area contributed by atoms with Crippen molar-refractivity contribution in [2.24, 2.45) is 0 Å². The fraction of sp³-hybridized carbons (Fsp3) is 0.250. The maximum absolute atomic E-state index is 14.0. The van der Waals surface area contributed by atoms with Gasteiger partial charge in [0.25, 0.3) is 5.89 Å². The topological polar surface area (TPSA) is 79.5 Å². The molecule has 3 aromatic carbocycles. The highest BCUT2D eigenvalue weighted by molar-refractivity contribution is 5.77. The van der Waals surface area contributed by atoms with E-state index < -0.39 is 23.2 Å². The number of halogens is 3. The number of carboxylic acids is 1. The summed E-state index contributed by atoms with van der Waals surface area (Å²) in [7, 11) is 1.71. The average Bonchev–Trinajstić information content (AvgIpc) is 3.34. The van der Waals surface area contributed by atoms with Crippen LogP contribution >= 0.6 is 0 Å². The van der Waals surface area contributed by atoms with Gasteiger partial charge in [-0.1, -0.05) is 53.7 Å². The predicted molar refractivity (Wildman–Crippen MR) is 134 cm³/mol. The summed E-state index contributed by atoms with van der Waals surface area (Å²) in [6, 6.07) is 18.1. The average molecular weight is 510 g/mol. The highest BCUT2D eigenvalue weighted by Crippen LogP contribution is 2.40. The van der Waals surface area contributed by atoms with Crippen molar-refractivity contribution in [1.82, 2.24) is 15.0 Å². The largest absolute Gasteiger partial charge is 0.480 e. The Morgan fingerprint density at radius 1 is 0.973 bits per heavy atom. The summed E-state index contributed by atoms with van der Waals surface area (Å²) in [5.74, 6) is -0.763. The summed E-state index contributed by atoms with van der Waals surface area (Å²) in [4.78, 5) is 17.6. The molecule has 0 radical (unpaired) electrons. The van der Waals surface area contributed by atoms with Crippen LogP contribution in [0.5, 0.6) is 0 Å². The minimum absolute atomic E-state index is 0.0358. The molecular weight excluding hydrogens is 483 g/mol. The molecule has 0 aliphatic heterocycles. The van der Waals surface area contributed by atoms with E-state index >= 15 is 0 Å². The van der Waals surface area contributed by atoms with Gasteiger partial charge in [-0.2, -0.15) is 18.2 Å². The van der Waals surface area contributed by atoms with Crippen LogP contribution in [0.25, 0.3) is 34.0 Å². The first-order chi connectivity index (χ1) is 17.4. The lowest BCUT2D eigenvalue weighted by Crippen LogP contribution is -2.47. The SMILES string of the molecule is Cc1ccccc1-c1ccc(-c2nc(-c3cccc(CN(C)C(C)(C)C(=O)O)c3)no2)cc1C(F)(F)F. The van der Waals surface area contributed by atoms with Gasteiger partial charge in [-0.15, -0.1) is 0 Å². The van der Waals surface area contributed by atoms with Gasteiger partial charge in [0.15, 0.2) is 0 Å². The maximum atomic E-state index is 14.0. The Bertz CT molecular complexity index is 1440. The highest BCUT2D eigenvalue weighted by atomic mass is 19.4. The number of aryl methyl sites for hydroxylation is 1. The highest BCUT2D eigenvalue weighted by Gasteiger charge is 2.35. The zero-order chi connectivity index (χ0) is 27.0. The predicted octanol–water partition coefficient (Wildman–Crippen LogP) is 6.69. The van der Waals surface area contributed by atoms with Crippen LogP contribution in [0.15, 0.2) is 71.3 Å². The summed E-state index contributed by atoms with van der Waals surface area (Å²) in [6.45, 7) is 5.35. The monoisotopic (exact) mass is 509 g/mol. The molecule has 0 amide bonds. The second kappa shape index (κ2) is 9.82. The molecule has 0 aliphatic carbocycles. The van der Waals surface area contributed by atoms with Crippen molar-refractivity contribution < 1.29 is 27.6 Å². The normalized spacial score (nSPS) is 12.2. The second-order valence-electron chi connectivity index (χ2n) is 9.42. The van der Waals surface area contributed by atoms with E-state index in [2.05, 4.69) is 10.1 Å². The third-order valence-electron chi connectivity index (χ3n) is 6.52. The lowest BCUT2D eigenvalue weighted by atomic mass is 9.94. The Kier molecular flexibility index (Phi) is 6.92. The number of rotatable bonds is 7. The van der Waals surface area contributed by atoms with Gasteiger partial charge in [-0.25, -0.2) is 0 Å². The van der Waals surface area contributed by atoms with Crippen molar-refractivity contribution in [2.75, 3.05) is 7.05 Å². The molecule has 37 heavy (non-hydrogen) atoms. The Morgan fingerprint density at radius 3 is 2.38 bits per heavy atom. The van der Waals surface area contributed by atoms with Gasteiger partial charge in [0.05, 0.1) is 5.56 Å². The Labute approximate surface area is 212 Å². The summed E-state index contributed by atoms with van der Waals surface area (Å²) < 4.78 is 47.4. The van der Waals surface area contributed by atoms with E-state index in [0.29, 0.717) is 17.7 Å². The van der Waals surface area contributed by atoms with E-state index in [-0.39, 0.29) is 22.8 Å². The zero-order valence-corrected chi connectivity index (χ0v) is 20.8. The number of hydrogen-bond donors (Lipinski definition) is 1. The lowest BCUT2D eigenvalue weighted by Gasteiger charge is -2.31. The minimum atomic E-state index is -4.58. The van der Waals surface area contributed by atoms with E-state index in [1.807, 2.05) is 6.07 Å². The molecular formula is C28H26F3N3O3. The van der Waals surface area contributed by atoms with E-state index in [0.717, 1.165) is 17.2 Å². The van der Waals surface area contributed by atoms with E-state index in [1.165, 1.54) is 12.1 Å². The van der Waals surface area contributed by atoms with E-state index in [9.17, 15) is 23.1 Å².